The van der Waals surface area contributed by atoms with Crippen LogP contribution in [0.3, 0.4) is 0 Å². The number of rotatable bonds is 8. The van der Waals surface area contributed by atoms with Gasteiger partial charge in [-0.05, 0) is 53.4 Å². The van der Waals surface area contributed by atoms with Gasteiger partial charge in [-0.3, -0.25) is 4.98 Å². The summed E-state index contributed by atoms with van der Waals surface area (Å²) in [6.07, 6.45) is 3.63. The molecular weight excluding hydrogens is 336 g/mol. The summed E-state index contributed by atoms with van der Waals surface area (Å²) >= 11 is 0. The van der Waals surface area contributed by atoms with Crippen molar-refractivity contribution < 1.29 is 4.74 Å². The number of benzene rings is 1. The van der Waals surface area contributed by atoms with Gasteiger partial charge in [-0.2, -0.15) is 0 Å². The van der Waals surface area contributed by atoms with Crippen LogP contribution >= 0.6 is 0 Å². The van der Waals surface area contributed by atoms with Crippen molar-refractivity contribution in [2.45, 2.75) is 32.9 Å². The monoisotopic (exact) mass is 362 g/mol. The molecule has 5 heteroatoms. The highest BCUT2D eigenvalue weighted by Gasteiger charge is 2.09. The molecule has 0 fully saturated rings. The maximum Gasteiger partial charge on any atom is 0.237 e. The molecule has 0 aliphatic carbocycles. The SMILES string of the molecule is COc1nc(C(C)C)ccc1Nc1ccc(CNCc2ccncc2)cc1. The number of hydrogen-bond acceptors (Lipinski definition) is 5. The number of anilines is 2. The van der Waals surface area contributed by atoms with Crippen LogP contribution in [0.4, 0.5) is 11.4 Å². The number of methoxy groups -OCH3 is 1. The van der Waals surface area contributed by atoms with Crippen LogP contribution in [0.25, 0.3) is 0 Å². The summed E-state index contributed by atoms with van der Waals surface area (Å²) in [5.74, 6) is 0.983. The highest BCUT2D eigenvalue weighted by Crippen LogP contribution is 2.28. The zero-order valence-electron chi connectivity index (χ0n) is 16.1. The van der Waals surface area contributed by atoms with E-state index in [0.29, 0.717) is 11.8 Å². The van der Waals surface area contributed by atoms with Crippen molar-refractivity contribution in [1.29, 1.82) is 0 Å². The van der Waals surface area contributed by atoms with Gasteiger partial charge in [0, 0.05) is 36.9 Å². The minimum Gasteiger partial charge on any atom is -0.480 e. The van der Waals surface area contributed by atoms with E-state index in [1.54, 1.807) is 7.11 Å². The van der Waals surface area contributed by atoms with E-state index in [1.807, 2.05) is 36.7 Å². The molecule has 0 saturated heterocycles. The third-order valence-electron chi connectivity index (χ3n) is 4.31. The zero-order valence-corrected chi connectivity index (χ0v) is 16.1. The number of ether oxygens (including phenoxy) is 1. The average molecular weight is 362 g/mol. The summed E-state index contributed by atoms with van der Waals surface area (Å²) in [6.45, 7) is 5.89. The topological polar surface area (TPSA) is 59.1 Å². The third-order valence-corrected chi connectivity index (χ3v) is 4.31. The lowest BCUT2D eigenvalue weighted by molar-refractivity contribution is 0.398. The minimum atomic E-state index is 0.367. The fourth-order valence-electron chi connectivity index (χ4n) is 2.74. The van der Waals surface area contributed by atoms with Gasteiger partial charge in [0.15, 0.2) is 0 Å². The van der Waals surface area contributed by atoms with Crippen molar-refractivity contribution in [3.8, 4) is 5.88 Å². The van der Waals surface area contributed by atoms with Gasteiger partial charge in [0.05, 0.1) is 7.11 Å². The smallest absolute Gasteiger partial charge is 0.237 e. The molecule has 5 nitrogen and oxygen atoms in total. The minimum absolute atomic E-state index is 0.367. The fourth-order valence-corrected chi connectivity index (χ4v) is 2.74. The summed E-state index contributed by atoms with van der Waals surface area (Å²) in [7, 11) is 1.65. The molecule has 3 aromatic rings. The molecule has 0 unspecified atom stereocenters. The van der Waals surface area contributed by atoms with Crippen LogP contribution in [-0.2, 0) is 13.1 Å². The van der Waals surface area contributed by atoms with Gasteiger partial charge in [0.2, 0.25) is 5.88 Å². The Morgan fingerprint density at radius 2 is 1.56 bits per heavy atom. The first-order valence-electron chi connectivity index (χ1n) is 9.16. The first-order chi connectivity index (χ1) is 13.2. The Balaban J connectivity index is 1.59. The number of hydrogen-bond donors (Lipinski definition) is 2. The van der Waals surface area contributed by atoms with Crippen molar-refractivity contribution in [2.75, 3.05) is 12.4 Å². The maximum absolute atomic E-state index is 5.44. The first kappa shape index (κ1) is 18.9. The molecule has 0 saturated carbocycles. The normalized spacial score (nSPS) is 10.8. The Labute approximate surface area is 160 Å². The molecule has 1 aromatic carbocycles. The molecule has 0 spiro atoms. The highest BCUT2D eigenvalue weighted by atomic mass is 16.5. The number of nitrogens with zero attached hydrogens (tertiary/aromatic N) is 2. The Morgan fingerprint density at radius 1 is 0.889 bits per heavy atom. The van der Waals surface area contributed by atoms with Gasteiger partial charge in [0.1, 0.15) is 5.69 Å². The summed E-state index contributed by atoms with van der Waals surface area (Å²) < 4.78 is 5.44. The summed E-state index contributed by atoms with van der Waals surface area (Å²) in [5, 5.41) is 6.83. The van der Waals surface area contributed by atoms with E-state index in [9.17, 15) is 0 Å². The van der Waals surface area contributed by atoms with Crippen LogP contribution in [0.2, 0.25) is 0 Å². The van der Waals surface area contributed by atoms with Crippen LogP contribution in [-0.4, -0.2) is 17.1 Å². The van der Waals surface area contributed by atoms with Gasteiger partial charge in [0.25, 0.3) is 0 Å². The van der Waals surface area contributed by atoms with Crippen molar-refractivity contribution in [1.82, 2.24) is 15.3 Å². The maximum atomic E-state index is 5.44. The predicted octanol–water partition coefficient (Wildman–Crippen LogP) is 4.64. The molecular formula is C22H26N4O. The van der Waals surface area contributed by atoms with Crippen molar-refractivity contribution in [2.24, 2.45) is 0 Å². The van der Waals surface area contributed by atoms with Gasteiger partial charge < -0.3 is 15.4 Å². The van der Waals surface area contributed by atoms with E-state index >= 15 is 0 Å². The second-order valence-corrected chi connectivity index (χ2v) is 6.73. The van der Waals surface area contributed by atoms with Gasteiger partial charge in [-0.25, -0.2) is 4.98 Å². The molecule has 2 aromatic heterocycles. The van der Waals surface area contributed by atoms with E-state index in [0.717, 1.165) is 30.2 Å². The van der Waals surface area contributed by atoms with E-state index in [2.05, 4.69) is 58.7 Å². The highest BCUT2D eigenvalue weighted by molar-refractivity contribution is 5.64. The van der Waals surface area contributed by atoms with Crippen LogP contribution in [0.15, 0.2) is 60.9 Å². The molecule has 0 radical (unpaired) electrons. The molecule has 140 valence electrons. The second kappa shape index (κ2) is 9.14. The first-order valence-corrected chi connectivity index (χ1v) is 9.16. The number of pyridine rings is 2. The lowest BCUT2D eigenvalue weighted by Gasteiger charge is -2.13. The fraction of sp³-hybridized carbons (Fsp3) is 0.273. The standard InChI is InChI=1S/C22H26N4O/c1-16(2)20-8-9-21(22(26-20)27-3)25-19-6-4-17(5-7-19)14-24-15-18-10-12-23-13-11-18/h4-13,16,24-25H,14-15H2,1-3H3. The number of nitrogens with one attached hydrogen (secondary N) is 2. The molecule has 0 aliphatic rings. The van der Waals surface area contributed by atoms with E-state index in [4.69, 9.17) is 4.74 Å². The van der Waals surface area contributed by atoms with Gasteiger partial charge in [-0.15, -0.1) is 0 Å². The molecule has 0 amide bonds. The zero-order chi connectivity index (χ0) is 19.1. The van der Waals surface area contributed by atoms with Gasteiger partial charge in [-0.1, -0.05) is 26.0 Å². The molecule has 27 heavy (non-hydrogen) atoms. The largest absolute Gasteiger partial charge is 0.480 e. The Morgan fingerprint density at radius 3 is 2.19 bits per heavy atom. The van der Waals surface area contributed by atoms with Crippen LogP contribution < -0.4 is 15.4 Å². The summed E-state index contributed by atoms with van der Waals surface area (Å²) in [6, 6.07) is 16.5. The lowest BCUT2D eigenvalue weighted by Crippen LogP contribution is -2.12. The summed E-state index contributed by atoms with van der Waals surface area (Å²) in [5.41, 5.74) is 5.35. The second-order valence-electron chi connectivity index (χ2n) is 6.73. The van der Waals surface area contributed by atoms with Crippen molar-refractivity contribution >= 4 is 11.4 Å². The Kier molecular flexibility index (Phi) is 6.39. The number of aromatic nitrogens is 2. The molecule has 0 atom stereocenters. The quantitative estimate of drug-likeness (QED) is 0.611. The predicted molar refractivity (Wildman–Crippen MR) is 109 cm³/mol. The molecule has 3 rings (SSSR count). The van der Waals surface area contributed by atoms with E-state index in [1.165, 1.54) is 11.1 Å². The van der Waals surface area contributed by atoms with Crippen LogP contribution in [0, 0.1) is 0 Å². The Hall–Kier alpha value is -2.92. The van der Waals surface area contributed by atoms with Gasteiger partial charge >= 0.3 is 0 Å². The third kappa shape index (κ3) is 5.28. The Bertz CT molecular complexity index is 848. The molecule has 2 heterocycles. The molecule has 0 aliphatic heterocycles. The lowest BCUT2D eigenvalue weighted by atomic mass is 10.1. The average Bonchev–Trinajstić information content (AvgIpc) is 2.70. The van der Waals surface area contributed by atoms with Crippen molar-refractivity contribution in [3.05, 3.63) is 77.7 Å². The summed E-state index contributed by atoms with van der Waals surface area (Å²) in [4.78, 5) is 8.61. The van der Waals surface area contributed by atoms with Crippen LogP contribution in [0.1, 0.15) is 36.6 Å². The molecule has 2 N–H and O–H groups in total. The van der Waals surface area contributed by atoms with Crippen LogP contribution in [0.5, 0.6) is 5.88 Å². The van der Waals surface area contributed by atoms with E-state index < -0.39 is 0 Å². The molecule has 0 bridgehead atoms. The van der Waals surface area contributed by atoms with Crippen molar-refractivity contribution in [3.63, 3.8) is 0 Å². The van der Waals surface area contributed by atoms with E-state index in [-0.39, 0.29) is 0 Å².